The van der Waals surface area contributed by atoms with E-state index in [1.54, 1.807) is 7.05 Å². The first-order valence-electron chi connectivity index (χ1n) is 4.81. The summed E-state index contributed by atoms with van der Waals surface area (Å²) in [5.74, 6) is 5.10. The average molecular weight is 263 g/mol. The lowest BCUT2D eigenvalue weighted by atomic mass is 10.1. The van der Waals surface area contributed by atoms with Crippen LogP contribution in [0.25, 0.3) is 0 Å². The topological polar surface area (TPSA) is 24.9 Å². The van der Waals surface area contributed by atoms with Gasteiger partial charge in [-0.2, -0.15) is 13.2 Å². The molecule has 0 spiro atoms. The maximum atomic E-state index is 12.6. The molecule has 6 heteroatoms. The van der Waals surface area contributed by atoms with Crippen LogP contribution in [0.1, 0.15) is 17.5 Å². The van der Waals surface area contributed by atoms with Crippen molar-refractivity contribution in [3.8, 4) is 11.8 Å². The van der Waals surface area contributed by atoms with Gasteiger partial charge in [0, 0.05) is 24.7 Å². The zero-order chi connectivity index (χ0) is 12.9. The van der Waals surface area contributed by atoms with Crippen molar-refractivity contribution < 1.29 is 13.2 Å². The maximum Gasteiger partial charge on any atom is 0.419 e. The Bertz CT molecular complexity index is 446. The molecule has 0 amide bonds. The van der Waals surface area contributed by atoms with E-state index < -0.39 is 11.7 Å². The molecule has 0 bridgehead atoms. The number of hydrogen-bond acceptors (Lipinski definition) is 2. The maximum absolute atomic E-state index is 12.6. The molecular formula is C11H10ClF3N2. The van der Waals surface area contributed by atoms with Gasteiger partial charge in [0.15, 0.2) is 0 Å². The average Bonchev–Trinajstić information content (AvgIpc) is 2.23. The van der Waals surface area contributed by atoms with E-state index in [1.165, 1.54) is 0 Å². The van der Waals surface area contributed by atoms with Crippen LogP contribution in [0.2, 0.25) is 5.15 Å². The van der Waals surface area contributed by atoms with Gasteiger partial charge < -0.3 is 5.32 Å². The van der Waals surface area contributed by atoms with E-state index in [1.807, 2.05) is 0 Å². The lowest BCUT2D eigenvalue weighted by molar-refractivity contribution is -0.138. The van der Waals surface area contributed by atoms with Crippen molar-refractivity contribution in [3.05, 3.63) is 28.5 Å². The molecule has 1 aromatic rings. The Balaban J connectivity index is 3.02. The van der Waals surface area contributed by atoms with Gasteiger partial charge >= 0.3 is 6.18 Å². The summed E-state index contributed by atoms with van der Waals surface area (Å²) in [5, 5.41) is 2.84. The normalized spacial score (nSPS) is 10.9. The van der Waals surface area contributed by atoms with Crippen LogP contribution in [-0.4, -0.2) is 18.6 Å². The largest absolute Gasteiger partial charge is 0.419 e. The van der Waals surface area contributed by atoms with Crippen LogP contribution in [0.4, 0.5) is 13.2 Å². The molecule has 1 rings (SSSR count). The van der Waals surface area contributed by atoms with Gasteiger partial charge in [-0.3, -0.25) is 0 Å². The highest BCUT2D eigenvalue weighted by atomic mass is 35.5. The van der Waals surface area contributed by atoms with Gasteiger partial charge in [-0.15, -0.1) is 0 Å². The Kier molecular flexibility index (Phi) is 4.79. The number of nitrogens with zero attached hydrogens (tertiary/aromatic N) is 1. The minimum Gasteiger partial charge on any atom is -0.319 e. The molecule has 0 fully saturated rings. The van der Waals surface area contributed by atoms with Crippen LogP contribution in [-0.2, 0) is 6.18 Å². The fraction of sp³-hybridized carbons (Fsp3) is 0.364. The molecule has 0 aromatic carbocycles. The van der Waals surface area contributed by atoms with Gasteiger partial charge in [0.25, 0.3) is 0 Å². The quantitative estimate of drug-likeness (QED) is 0.504. The number of hydrogen-bond donors (Lipinski definition) is 1. The third-order valence-electron chi connectivity index (χ3n) is 1.90. The highest BCUT2D eigenvalue weighted by Gasteiger charge is 2.33. The number of rotatable bonds is 2. The van der Waals surface area contributed by atoms with Crippen LogP contribution < -0.4 is 5.32 Å². The fourth-order valence-electron chi connectivity index (χ4n) is 1.10. The van der Waals surface area contributed by atoms with E-state index in [9.17, 15) is 13.2 Å². The molecule has 0 atom stereocenters. The summed E-state index contributed by atoms with van der Waals surface area (Å²) in [7, 11) is 1.74. The summed E-state index contributed by atoms with van der Waals surface area (Å²) in [6, 6.07) is 1.12. The molecule has 0 aliphatic carbocycles. The Morgan fingerprint density at radius 2 is 2.18 bits per heavy atom. The van der Waals surface area contributed by atoms with Crippen LogP contribution >= 0.6 is 11.6 Å². The molecule has 0 aliphatic heterocycles. The van der Waals surface area contributed by atoms with Crippen LogP contribution in [0.15, 0.2) is 12.3 Å². The van der Waals surface area contributed by atoms with Gasteiger partial charge in [0.1, 0.15) is 5.15 Å². The first-order valence-corrected chi connectivity index (χ1v) is 5.19. The first-order chi connectivity index (χ1) is 7.95. The standard InChI is InChI=1S/C11H10ClF3N2/c1-16-5-3-2-4-8-6-10(12)17-7-9(8)11(13,14)15/h6-7,16H,3,5H2,1H3. The number of pyridine rings is 1. The lowest BCUT2D eigenvalue weighted by Crippen LogP contribution is -2.09. The molecule has 0 saturated carbocycles. The Hall–Kier alpha value is -1.25. The molecule has 1 heterocycles. The molecule has 17 heavy (non-hydrogen) atoms. The zero-order valence-corrected chi connectivity index (χ0v) is 9.78. The minimum atomic E-state index is -4.47. The third-order valence-corrected chi connectivity index (χ3v) is 2.11. The molecule has 0 unspecified atom stereocenters. The Labute approximate surface area is 102 Å². The van der Waals surface area contributed by atoms with E-state index in [2.05, 4.69) is 22.1 Å². The van der Waals surface area contributed by atoms with Crippen LogP contribution in [0.5, 0.6) is 0 Å². The van der Waals surface area contributed by atoms with Crippen molar-refractivity contribution in [2.24, 2.45) is 0 Å². The molecule has 92 valence electrons. The molecule has 2 nitrogen and oxygen atoms in total. The highest BCUT2D eigenvalue weighted by molar-refractivity contribution is 6.29. The smallest absolute Gasteiger partial charge is 0.319 e. The third kappa shape index (κ3) is 4.25. The van der Waals surface area contributed by atoms with Gasteiger partial charge in [0.05, 0.1) is 5.56 Å². The number of nitrogens with one attached hydrogen (secondary N) is 1. The molecule has 1 N–H and O–H groups in total. The zero-order valence-electron chi connectivity index (χ0n) is 9.03. The fourth-order valence-corrected chi connectivity index (χ4v) is 1.26. The predicted molar refractivity (Wildman–Crippen MR) is 59.7 cm³/mol. The highest BCUT2D eigenvalue weighted by Crippen LogP contribution is 2.31. The number of halogens is 4. The van der Waals surface area contributed by atoms with Crippen molar-refractivity contribution in [1.82, 2.24) is 10.3 Å². The lowest BCUT2D eigenvalue weighted by Gasteiger charge is -2.08. The van der Waals surface area contributed by atoms with E-state index in [-0.39, 0.29) is 10.7 Å². The second-order valence-electron chi connectivity index (χ2n) is 3.21. The van der Waals surface area contributed by atoms with Gasteiger partial charge in [-0.25, -0.2) is 4.98 Å². The second kappa shape index (κ2) is 5.89. The van der Waals surface area contributed by atoms with Crippen LogP contribution in [0, 0.1) is 11.8 Å². The monoisotopic (exact) mass is 262 g/mol. The van der Waals surface area contributed by atoms with Crippen molar-refractivity contribution >= 4 is 11.6 Å². The number of aromatic nitrogens is 1. The van der Waals surface area contributed by atoms with Gasteiger partial charge in [-0.1, -0.05) is 23.4 Å². The van der Waals surface area contributed by atoms with E-state index >= 15 is 0 Å². The number of alkyl halides is 3. The minimum absolute atomic E-state index is 0.00378. The summed E-state index contributed by atoms with van der Waals surface area (Å²) in [5.41, 5.74) is -1.01. The second-order valence-corrected chi connectivity index (χ2v) is 3.59. The summed E-state index contributed by atoms with van der Waals surface area (Å²) in [4.78, 5) is 3.42. The first kappa shape index (κ1) is 13.8. The molecule has 0 saturated heterocycles. The van der Waals surface area contributed by atoms with Crippen LogP contribution in [0.3, 0.4) is 0 Å². The van der Waals surface area contributed by atoms with E-state index in [0.29, 0.717) is 19.2 Å². The van der Waals surface area contributed by atoms with E-state index in [0.717, 1.165) is 6.07 Å². The SMILES string of the molecule is CNCCC#Cc1cc(Cl)ncc1C(F)(F)F. The van der Waals surface area contributed by atoms with Gasteiger partial charge in [0.2, 0.25) is 0 Å². The summed E-state index contributed by atoms with van der Waals surface area (Å²) in [6.45, 7) is 0.618. The van der Waals surface area contributed by atoms with Crippen molar-refractivity contribution in [2.45, 2.75) is 12.6 Å². The van der Waals surface area contributed by atoms with Gasteiger partial charge in [-0.05, 0) is 13.1 Å². The molecule has 0 radical (unpaired) electrons. The Morgan fingerprint density at radius 1 is 1.47 bits per heavy atom. The summed E-state index contributed by atoms with van der Waals surface area (Å²) < 4.78 is 37.8. The van der Waals surface area contributed by atoms with Crippen molar-refractivity contribution in [2.75, 3.05) is 13.6 Å². The van der Waals surface area contributed by atoms with Crippen molar-refractivity contribution in [3.63, 3.8) is 0 Å². The van der Waals surface area contributed by atoms with Crippen molar-refractivity contribution in [1.29, 1.82) is 0 Å². The Morgan fingerprint density at radius 3 is 2.76 bits per heavy atom. The predicted octanol–water partition coefficient (Wildman–Crippen LogP) is 2.71. The molecule has 0 aliphatic rings. The molecule has 1 aromatic heterocycles. The van der Waals surface area contributed by atoms with E-state index in [4.69, 9.17) is 11.6 Å². The molecular weight excluding hydrogens is 253 g/mol. The summed E-state index contributed by atoms with van der Waals surface area (Å²) in [6.07, 6.45) is -3.30. The summed E-state index contributed by atoms with van der Waals surface area (Å²) >= 11 is 5.55.